The van der Waals surface area contributed by atoms with Gasteiger partial charge >= 0.3 is 0 Å². The minimum absolute atomic E-state index is 0.194. The van der Waals surface area contributed by atoms with Crippen molar-refractivity contribution in [3.63, 3.8) is 0 Å². The zero-order valence-corrected chi connectivity index (χ0v) is 10.5. The molecule has 1 aromatic carbocycles. The van der Waals surface area contributed by atoms with Crippen molar-refractivity contribution in [3.8, 4) is 6.07 Å². The normalized spacial score (nSPS) is 18.6. The van der Waals surface area contributed by atoms with Gasteiger partial charge in [-0.15, -0.1) is 0 Å². The van der Waals surface area contributed by atoms with Gasteiger partial charge < -0.3 is 5.32 Å². The summed E-state index contributed by atoms with van der Waals surface area (Å²) in [6, 6.07) is 10.3. The molecule has 0 spiro atoms. The molecule has 1 fully saturated rings. The lowest BCUT2D eigenvalue weighted by Gasteiger charge is -2.34. The second kappa shape index (κ2) is 6.02. The fraction of sp³-hybridized carbons (Fsp3) is 0.462. The van der Waals surface area contributed by atoms with E-state index in [0.717, 1.165) is 31.2 Å². The fourth-order valence-electron chi connectivity index (χ4n) is 2.22. The number of nitrogens with one attached hydrogen (secondary N) is 1. The molecule has 4 heteroatoms. The predicted molar refractivity (Wildman–Crippen MR) is 68.9 cm³/mol. The lowest BCUT2D eigenvalue weighted by Crippen LogP contribution is -2.45. The zero-order chi connectivity index (χ0) is 12.1. The van der Waals surface area contributed by atoms with Crippen molar-refractivity contribution in [3.05, 3.63) is 34.9 Å². The molecule has 0 aliphatic carbocycles. The molecule has 1 heterocycles. The molecule has 0 unspecified atom stereocenters. The topological polar surface area (TPSA) is 39.1 Å². The summed E-state index contributed by atoms with van der Waals surface area (Å²) in [5.74, 6) is 0. The van der Waals surface area contributed by atoms with Crippen LogP contribution in [0.1, 0.15) is 18.0 Å². The van der Waals surface area contributed by atoms with Gasteiger partial charge in [0.05, 0.1) is 12.5 Å². The highest BCUT2D eigenvalue weighted by Gasteiger charge is 2.21. The van der Waals surface area contributed by atoms with Crippen LogP contribution in [0.2, 0.25) is 5.02 Å². The first kappa shape index (κ1) is 12.4. The lowest BCUT2D eigenvalue weighted by molar-refractivity contribution is 0.175. The number of piperazine rings is 1. The van der Waals surface area contributed by atoms with Gasteiger partial charge in [0.15, 0.2) is 0 Å². The molecule has 0 aromatic heterocycles. The molecule has 1 aliphatic heterocycles. The number of nitrogens with zero attached hydrogens (tertiary/aromatic N) is 2. The number of halogens is 1. The first-order valence-electron chi connectivity index (χ1n) is 5.88. The van der Waals surface area contributed by atoms with Crippen LogP contribution in [0.4, 0.5) is 0 Å². The molecule has 90 valence electrons. The van der Waals surface area contributed by atoms with Crippen LogP contribution in [-0.2, 0) is 0 Å². The first-order valence-corrected chi connectivity index (χ1v) is 6.26. The Labute approximate surface area is 107 Å². The van der Waals surface area contributed by atoms with Crippen molar-refractivity contribution in [2.75, 3.05) is 26.2 Å². The number of nitriles is 1. The number of hydrogen-bond acceptors (Lipinski definition) is 3. The van der Waals surface area contributed by atoms with Crippen molar-refractivity contribution in [1.82, 2.24) is 10.2 Å². The van der Waals surface area contributed by atoms with Crippen molar-refractivity contribution in [1.29, 1.82) is 5.26 Å². The van der Waals surface area contributed by atoms with E-state index in [9.17, 15) is 0 Å². The van der Waals surface area contributed by atoms with Gasteiger partial charge in [0.1, 0.15) is 0 Å². The number of rotatable bonds is 3. The molecule has 1 saturated heterocycles. The summed E-state index contributed by atoms with van der Waals surface area (Å²) in [5, 5.41) is 13.0. The average molecular weight is 250 g/mol. The molecule has 0 saturated carbocycles. The van der Waals surface area contributed by atoms with Crippen molar-refractivity contribution >= 4 is 11.6 Å². The van der Waals surface area contributed by atoms with Crippen molar-refractivity contribution in [2.24, 2.45) is 0 Å². The Kier molecular flexibility index (Phi) is 4.38. The third-order valence-corrected chi connectivity index (χ3v) is 3.38. The molecule has 1 aliphatic rings. The van der Waals surface area contributed by atoms with Gasteiger partial charge in [0.25, 0.3) is 0 Å². The Morgan fingerprint density at radius 3 is 2.53 bits per heavy atom. The molecule has 3 nitrogen and oxygen atoms in total. The molecule has 0 radical (unpaired) electrons. The first-order chi connectivity index (χ1) is 8.31. The van der Waals surface area contributed by atoms with Gasteiger partial charge in [-0.2, -0.15) is 5.26 Å². The van der Waals surface area contributed by atoms with Crippen molar-refractivity contribution < 1.29 is 0 Å². The Morgan fingerprint density at radius 1 is 1.29 bits per heavy atom. The van der Waals surface area contributed by atoms with Gasteiger partial charge in [-0.3, -0.25) is 4.90 Å². The highest BCUT2D eigenvalue weighted by molar-refractivity contribution is 6.30. The summed E-state index contributed by atoms with van der Waals surface area (Å²) >= 11 is 5.89. The number of hydrogen-bond donors (Lipinski definition) is 1. The van der Waals surface area contributed by atoms with E-state index in [0.29, 0.717) is 6.42 Å². The molecule has 1 aromatic rings. The smallest absolute Gasteiger partial charge is 0.0641 e. The summed E-state index contributed by atoms with van der Waals surface area (Å²) in [6.07, 6.45) is 0.529. The molecule has 0 amide bonds. The summed E-state index contributed by atoms with van der Waals surface area (Å²) in [4.78, 5) is 2.36. The Morgan fingerprint density at radius 2 is 1.94 bits per heavy atom. The van der Waals surface area contributed by atoms with Crippen LogP contribution in [0.5, 0.6) is 0 Å². The van der Waals surface area contributed by atoms with E-state index < -0.39 is 0 Å². The van der Waals surface area contributed by atoms with Crippen LogP contribution >= 0.6 is 11.6 Å². The SMILES string of the molecule is N#CC[C@@H](c1ccc(Cl)cc1)N1CCNCC1. The minimum atomic E-state index is 0.194. The summed E-state index contributed by atoms with van der Waals surface area (Å²) in [5.41, 5.74) is 1.18. The summed E-state index contributed by atoms with van der Waals surface area (Å²) < 4.78 is 0. The molecule has 1 N–H and O–H groups in total. The van der Waals surface area contributed by atoms with Crippen LogP contribution in [0, 0.1) is 11.3 Å². The Hall–Kier alpha value is -1.08. The van der Waals surface area contributed by atoms with E-state index >= 15 is 0 Å². The molecular formula is C13H16ClN3. The Bertz CT molecular complexity index is 390. The molecule has 2 rings (SSSR count). The maximum Gasteiger partial charge on any atom is 0.0641 e. The molecule has 17 heavy (non-hydrogen) atoms. The standard InChI is InChI=1S/C13H16ClN3/c14-12-3-1-11(2-4-12)13(5-6-15)17-9-7-16-8-10-17/h1-4,13,16H,5,7-10H2/t13-/m0/s1. The maximum absolute atomic E-state index is 8.96. The highest BCUT2D eigenvalue weighted by Crippen LogP contribution is 2.25. The maximum atomic E-state index is 8.96. The molecular weight excluding hydrogens is 234 g/mol. The van der Waals surface area contributed by atoms with Gasteiger partial charge in [0, 0.05) is 37.2 Å². The van der Waals surface area contributed by atoms with Crippen LogP contribution < -0.4 is 5.32 Å². The highest BCUT2D eigenvalue weighted by atomic mass is 35.5. The second-order valence-electron chi connectivity index (χ2n) is 4.22. The van der Waals surface area contributed by atoms with Gasteiger partial charge in [0.2, 0.25) is 0 Å². The van der Waals surface area contributed by atoms with Crippen LogP contribution in [0.3, 0.4) is 0 Å². The Balaban J connectivity index is 2.15. The van der Waals surface area contributed by atoms with Crippen molar-refractivity contribution in [2.45, 2.75) is 12.5 Å². The predicted octanol–water partition coefficient (Wildman–Crippen LogP) is 2.20. The summed E-state index contributed by atoms with van der Waals surface area (Å²) in [6.45, 7) is 3.98. The van der Waals surface area contributed by atoms with E-state index in [2.05, 4.69) is 16.3 Å². The van der Waals surface area contributed by atoms with Gasteiger partial charge in [-0.1, -0.05) is 23.7 Å². The van der Waals surface area contributed by atoms with E-state index in [1.807, 2.05) is 24.3 Å². The van der Waals surface area contributed by atoms with E-state index in [1.165, 1.54) is 5.56 Å². The monoisotopic (exact) mass is 249 g/mol. The second-order valence-corrected chi connectivity index (χ2v) is 4.65. The average Bonchev–Trinajstić information content (AvgIpc) is 2.38. The molecule has 0 bridgehead atoms. The zero-order valence-electron chi connectivity index (χ0n) is 9.69. The third kappa shape index (κ3) is 3.19. The minimum Gasteiger partial charge on any atom is -0.314 e. The van der Waals surface area contributed by atoms with Crippen LogP contribution in [0.15, 0.2) is 24.3 Å². The lowest BCUT2D eigenvalue weighted by atomic mass is 10.0. The van der Waals surface area contributed by atoms with Crippen LogP contribution in [0.25, 0.3) is 0 Å². The van der Waals surface area contributed by atoms with E-state index in [4.69, 9.17) is 16.9 Å². The third-order valence-electron chi connectivity index (χ3n) is 3.13. The van der Waals surface area contributed by atoms with E-state index in [1.54, 1.807) is 0 Å². The van der Waals surface area contributed by atoms with Gasteiger partial charge in [-0.05, 0) is 17.7 Å². The summed E-state index contributed by atoms with van der Waals surface area (Å²) in [7, 11) is 0. The largest absolute Gasteiger partial charge is 0.314 e. The van der Waals surface area contributed by atoms with Crippen LogP contribution in [-0.4, -0.2) is 31.1 Å². The molecule has 1 atom stereocenters. The fourth-order valence-corrected chi connectivity index (χ4v) is 2.35. The van der Waals surface area contributed by atoms with Gasteiger partial charge in [-0.25, -0.2) is 0 Å². The van der Waals surface area contributed by atoms with E-state index in [-0.39, 0.29) is 6.04 Å². The number of benzene rings is 1. The quantitative estimate of drug-likeness (QED) is 0.893.